The highest BCUT2D eigenvalue weighted by Crippen LogP contribution is 2.21. The molecule has 5 nitrogen and oxygen atoms in total. The minimum absolute atomic E-state index is 0.230. The first-order chi connectivity index (χ1) is 13.3. The predicted octanol–water partition coefficient (Wildman–Crippen LogP) is 3.96. The summed E-state index contributed by atoms with van der Waals surface area (Å²) in [5.41, 5.74) is 3.00. The Kier molecular flexibility index (Phi) is 8.85. The molecule has 0 unspecified atom stereocenters. The lowest BCUT2D eigenvalue weighted by Crippen LogP contribution is -2.40. The molecule has 28 heavy (non-hydrogen) atoms. The Balaban J connectivity index is 1.74. The number of amides is 1. The number of aryl methyl sites for hydroxylation is 1. The van der Waals surface area contributed by atoms with Crippen LogP contribution in [0.1, 0.15) is 17.5 Å². The molecule has 0 aromatic heterocycles. The van der Waals surface area contributed by atoms with E-state index in [0.717, 1.165) is 33.0 Å². The molecule has 0 aliphatic rings. The van der Waals surface area contributed by atoms with E-state index in [0.29, 0.717) is 12.2 Å². The van der Waals surface area contributed by atoms with Crippen molar-refractivity contribution in [2.75, 3.05) is 29.4 Å². The van der Waals surface area contributed by atoms with Crippen LogP contribution in [-0.4, -0.2) is 39.4 Å². The average molecular weight is 485 g/mol. The molecule has 2 aromatic carbocycles. The fraction of sp³-hybridized carbons (Fsp3) is 0.350. The maximum atomic E-state index is 12.2. The maximum Gasteiger partial charge on any atom is 0.240 e. The zero-order valence-corrected chi connectivity index (χ0v) is 19.2. The van der Waals surface area contributed by atoms with Crippen LogP contribution in [0.25, 0.3) is 0 Å². The zero-order chi connectivity index (χ0) is 20.6. The number of benzene rings is 2. The molecule has 0 atom stereocenters. The quantitative estimate of drug-likeness (QED) is 0.518. The van der Waals surface area contributed by atoms with Crippen molar-refractivity contribution < 1.29 is 13.2 Å². The van der Waals surface area contributed by atoms with Crippen LogP contribution in [0.3, 0.4) is 0 Å². The molecule has 0 fully saturated rings. The third-order valence-corrected chi connectivity index (χ3v) is 6.71. The van der Waals surface area contributed by atoms with Gasteiger partial charge in [-0.25, -0.2) is 8.42 Å². The van der Waals surface area contributed by atoms with E-state index in [9.17, 15) is 13.2 Å². The lowest BCUT2D eigenvalue weighted by atomic mass is 10.2. The number of nitrogens with zero attached hydrogens (tertiary/aromatic N) is 1. The SMILES string of the molecule is Cc1ccc(CSCCCNC(=O)CN(c2cccc(Br)c2)S(C)(=O)=O)cc1. The van der Waals surface area contributed by atoms with E-state index in [1.54, 1.807) is 24.3 Å². The van der Waals surface area contributed by atoms with Crippen molar-refractivity contribution in [3.63, 3.8) is 0 Å². The maximum absolute atomic E-state index is 12.2. The Labute approximate surface area is 180 Å². The van der Waals surface area contributed by atoms with Crippen LogP contribution in [0, 0.1) is 6.92 Å². The lowest BCUT2D eigenvalue weighted by Gasteiger charge is -2.22. The summed E-state index contributed by atoms with van der Waals surface area (Å²) in [6.07, 6.45) is 1.93. The van der Waals surface area contributed by atoms with Gasteiger partial charge in [0.2, 0.25) is 15.9 Å². The van der Waals surface area contributed by atoms with Gasteiger partial charge in [-0.1, -0.05) is 51.8 Å². The summed E-state index contributed by atoms with van der Waals surface area (Å²) in [5.74, 6) is 1.56. The number of carbonyl (C=O) groups excluding carboxylic acids is 1. The highest BCUT2D eigenvalue weighted by Gasteiger charge is 2.20. The lowest BCUT2D eigenvalue weighted by molar-refractivity contribution is -0.119. The first-order valence-electron chi connectivity index (χ1n) is 8.89. The van der Waals surface area contributed by atoms with E-state index in [1.165, 1.54) is 11.1 Å². The molecule has 1 N–H and O–H groups in total. The summed E-state index contributed by atoms with van der Waals surface area (Å²) in [7, 11) is -3.56. The van der Waals surface area contributed by atoms with Crippen LogP contribution in [0.4, 0.5) is 5.69 Å². The topological polar surface area (TPSA) is 66.5 Å². The van der Waals surface area contributed by atoms with Crippen LogP contribution < -0.4 is 9.62 Å². The van der Waals surface area contributed by atoms with Crippen LogP contribution >= 0.6 is 27.7 Å². The molecule has 0 aliphatic heterocycles. The number of halogens is 1. The van der Waals surface area contributed by atoms with E-state index < -0.39 is 10.0 Å². The highest BCUT2D eigenvalue weighted by atomic mass is 79.9. The van der Waals surface area contributed by atoms with Crippen molar-refractivity contribution in [1.82, 2.24) is 5.32 Å². The first-order valence-corrected chi connectivity index (χ1v) is 12.7. The number of sulfonamides is 1. The Morgan fingerprint density at radius 3 is 2.54 bits per heavy atom. The number of hydrogen-bond donors (Lipinski definition) is 1. The smallest absolute Gasteiger partial charge is 0.240 e. The van der Waals surface area contributed by atoms with Crippen molar-refractivity contribution in [2.45, 2.75) is 19.1 Å². The second kappa shape index (κ2) is 10.9. The Hall–Kier alpha value is -1.51. The molecular formula is C20H25BrN2O3S2. The second-order valence-corrected chi connectivity index (χ2v) is 10.4. The van der Waals surface area contributed by atoms with Gasteiger partial charge in [0, 0.05) is 16.8 Å². The van der Waals surface area contributed by atoms with Crippen molar-refractivity contribution in [2.24, 2.45) is 0 Å². The van der Waals surface area contributed by atoms with Gasteiger partial charge in [0.1, 0.15) is 6.54 Å². The molecule has 2 rings (SSSR count). The minimum Gasteiger partial charge on any atom is -0.354 e. The van der Waals surface area contributed by atoms with Gasteiger partial charge in [-0.15, -0.1) is 0 Å². The average Bonchev–Trinajstić information content (AvgIpc) is 2.63. The molecule has 2 aromatic rings. The van der Waals surface area contributed by atoms with Gasteiger partial charge in [-0.2, -0.15) is 11.8 Å². The summed E-state index contributed by atoms with van der Waals surface area (Å²) in [6.45, 7) is 2.36. The van der Waals surface area contributed by atoms with E-state index >= 15 is 0 Å². The van der Waals surface area contributed by atoms with Gasteiger partial charge >= 0.3 is 0 Å². The normalized spacial score (nSPS) is 11.2. The number of thioether (sulfide) groups is 1. The van der Waals surface area contributed by atoms with Crippen LogP contribution in [0.5, 0.6) is 0 Å². The van der Waals surface area contributed by atoms with Crippen molar-refractivity contribution >= 4 is 49.3 Å². The summed E-state index contributed by atoms with van der Waals surface area (Å²) >= 11 is 5.14. The molecule has 0 radical (unpaired) electrons. The standard InChI is InChI=1S/C20H25BrN2O3S2/c1-16-7-9-17(10-8-16)15-27-12-4-11-22-20(24)14-23(28(2,25)26)19-6-3-5-18(21)13-19/h3,5-10,13H,4,11-12,14-15H2,1-2H3,(H,22,24). The predicted molar refractivity (Wildman–Crippen MR) is 121 cm³/mol. The Bertz CT molecular complexity index is 887. The monoisotopic (exact) mass is 484 g/mol. The van der Waals surface area contributed by atoms with E-state index in [-0.39, 0.29) is 12.5 Å². The third kappa shape index (κ3) is 7.85. The zero-order valence-electron chi connectivity index (χ0n) is 16.0. The van der Waals surface area contributed by atoms with E-state index in [1.807, 2.05) is 11.8 Å². The summed E-state index contributed by atoms with van der Waals surface area (Å²) in [5, 5.41) is 2.81. The summed E-state index contributed by atoms with van der Waals surface area (Å²) in [4.78, 5) is 12.2. The highest BCUT2D eigenvalue weighted by molar-refractivity contribution is 9.10. The van der Waals surface area contributed by atoms with Crippen LogP contribution in [0.2, 0.25) is 0 Å². The molecule has 0 saturated heterocycles. The summed E-state index contributed by atoms with van der Waals surface area (Å²) < 4.78 is 26.0. The molecule has 0 saturated carbocycles. The molecule has 0 bridgehead atoms. The van der Waals surface area contributed by atoms with E-state index in [4.69, 9.17) is 0 Å². The molecule has 0 heterocycles. The third-order valence-electron chi connectivity index (χ3n) is 3.96. The van der Waals surface area contributed by atoms with Gasteiger partial charge < -0.3 is 5.32 Å². The largest absolute Gasteiger partial charge is 0.354 e. The van der Waals surface area contributed by atoms with Crippen molar-refractivity contribution in [3.8, 4) is 0 Å². The number of hydrogen-bond acceptors (Lipinski definition) is 4. The fourth-order valence-corrected chi connectivity index (χ4v) is 4.65. The van der Waals surface area contributed by atoms with Crippen molar-refractivity contribution in [1.29, 1.82) is 0 Å². The van der Waals surface area contributed by atoms with Gasteiger partial charge in [0.15, 0.2) is 0 Å². The Morgan fingerprint density at radius 1 is 1.18 bits per heavy atom. The van der Waals surface area contributed by atoms with Crippen LogP contribution in [0.15, 0.2) is 53.0 Å². The van der Waals surface area contributed by atoms with Crippen LogP contribution in [-0.2, 0) is 20.6 Å². The van der Waals surface area contributed by atoms with Gasteiger partial charge in [0.25, 0.3) is 0 Å². The first kappa shape index (κ1) is 22.8. The summed E-state index contributed by atoms with van der Waals surface area (Å²) in [6, 6.07) is 15.4. The van der Waals surface area contributed by atoms with Gasteiger partial charge in [0.05, 0.1) is 11.9 Å². The number of rotatable bonds is 10. The molecular weight excluding hydrogens is 460 g/mol. The molecule has 8 heteroatoms. The second-order valence-electron chi connectivity index (χ2n) is 6.49. The van der Waals surface area contributed by atoms with Crippen molar-refractivity contribution in [3.05, 3.63) is 64.1 Å². The number of anilines is 1. The molecule has 1 amide bonds. The Morgan fingerprint density at radius 2 is 1.89 bits per heavy atom. The van der Waals surface area contributed by atoms with E-state index in [2.05, 4.69) is 52.4 Å². The fourth-order valence-electron chi connectivity index (χ4n) is 2.49. The van der Waals surface area contributed by atoms with Gasteiger partial charge in [-0.05, 0) is 42.9 Å². The number of carbonyl (C=O) groups is 1. The minimum atomic E-state index is -3.56. The molecule has 152 valence electrons. The molecule has 0 aliphatic carbocycles. The molecule has 0 spiro atoms. The number of nitrogens with one attached hydrogen (secondary N) is 1. The van der Waals surface area contributed by atoms with Gasteiger partial charge in [-0.3, -0.25) is 9.10 Å².